The predicted octanol–water partition coefficient (Wildman–Crippen LogP) is 4.00. The van der Waals surface area contributed by atoms with Crippen molar-refractivity contribution in [2.24, 2.45) is 5.92 Å². The lowest BCUT2D eigenvalue weighted by molar-refractivity contribution is 0.502. The molecule has 1 unspecified atom stereocenters. The Morgan fingerprint density at radius 2 is 2.12 bits per heavy atom. The lowest BCUT2D eigenvalue weighted by atomic mass is 10.1. The van der Waals surface area contributed by atoms with Crippen molar-refractivity contribution in [3.63, 3.8) is 0 Å². The molecule has 1 nitrogen and oxygen atoms in total. The number of hydrogen-bond acceptors (Lipinski definition) is 1. The third-order valence-corrected chi connectivity index (χ3v) is 3.19. The fourth-order valence-corrected chi connectivity index (χ4v) is 2.21. The largest absolute Gasteiger partial charge is 0.312 e. The van der Waals surface area contributed by atoms with Crippen LogP contribution >= 0.6 is 23.2 Å². The second-order valence-electron chi connectivity index (χ2n) is 4.31. The molecular formula is C13H19Cl2N. The van der Waals surface area contributed by atoms with Crippen LogP contribution in [0.4, 0.5) is 0 Å². The van der Waals surface area contributed by atoms with E-state index in [1.807, 2.05) is 13.0 Å². The van der Waals surface area contributed by atoms with Crippen LogP contribution in [0.1, 0.15) is 24.5 Å². The molecule has 0 aliphatic heterocycles. The zero-order valence-corrected chi connectivity index (χ0v) is 11.4. The Bertz CT molecular complexity index is 326. The van der Waals surface area contributed by atoms with Crippen LogP contribution in [-0.4, -0.2) is 12.4 Å². The minimum absolute atomic E-state index is 0.613. The maximum absolute atomic E-state index is 6.14. The topological polar surface area (TPSA) is 12.0 Å². The normalized spacial score (nSPS) is 12.8. The van der Waals surface area contributed by atoms with Gasteiger partial charge in [0.15, 0.2) is 0 Å². The molecule has 1 aromatic rings. The van der Waals surface area contributed by atoms with Gasteiger partial charge in [-0.3, -0.25) is 0 Å². The smallest absolute Gasteiger partial charge is 0.0453 e. The molecule has 1 N–H and O–H groups in total. The molecule has 1 aromatic carbocycles. The van der Waals surface area contributed by atoms with Gasteiger partial charge in [0.2, 0.25) is 0 Å². The maximum Gasteiger partial charge on any atom is 0.0453 e. The van der Waals surface area contributed by atoms with E-state index in [1.165, 1.54) is 5.56 Å². The SMILES string of the molecule is Cc1ccc(CNCC(C)CCCl)c(Cl)c1. The molecule has 0 saturated heterocycles. The average Bonchev–Trinajstić information content (AvgIpc) is 2.22. The van der Waals surface area contributed by atoms with Crippen molar-refractivity contribution >= 4 is 23.2 Å². The zero-order chi connectivity index (χ0) is 12.0. The van der Waals surface area contributed by atoms with Crippen LogP contribution in [0.3, 0.4) is 0 Å². The number of nitrogens with one attached hydrogen (secondary N) is 1. The van der Waals surface area contributed by atoms with Crippen LogP contribution in [-0.2, 0) is 6.54 Å². The number of hydrogen-bond donors (Lipinski definition) is 1. The first kappa shape index (κ1) is 13.8. The molecule has 0 saturated carbocycles. The minimum Gasteiger partial charge on any atom is -0.312 e. The van der Waals surface area contributed by atoms with Crippen LogP contribution in [0.5, 0.6) is 0 Å². The summed E-state index contributed by atoms with van der Waals surface area (Å²) < 4.78 is 0. The number of rotatable bonds is 6. The monoisotopic (exact) mass is 259 g/mol. The summed E-state index contributed by atoms with van der Waals surface area (Å²) in [6.45, 7) is 6.06. The second-order valence-corrected chi connectivity index (χ2v) is 5.09. The quantitative estimate of drug-likeness (QED) is 0.762. The Morgan fingerprint density at radius 1 is 1.38 bits per heavy atom. The molecule has 16 heavy (non-hydrogen) atoms. The molecule has 1 rings (SSSR count). The van der Waals surface area contributed by atoms with Gasteiger partial charge in [-0.25, -0.2) is 0 Å². The lowest BCUT2D eigenvalue weighted by Gasteiger charge is -2.12. The van der Waals surface area contributed by atoms with Gasteiger partial charge in [-0.05, 0) is 43.0 Å². The van der Waals surface area contributed by atoms with Gasteiger partial charge in [0.25, 0.3) is 0 Å². The Morgan fingerprint density at radius 3 is 2.75 bits per heavy atom. The molecule has 90 valence electrons. The summed E-state index contributed by atoms with van der Waals surface area (Å²) in [5, 5.41) is 4.25. The summed E-state index contributed by atoms with van der Waals surface area (Å²) in [5.74, 6) is 1.34. The van der Waals surface area contributed by atoms with E-state index in [-0.39, 0.29) is 0 Å². The minimum atomic E-state index is 0.613. The highest BCUT2D eigenvalue weighted by atomic mass is 35.5. The number of halogens is 2. The van der Waals surface area contributed by atoms with Crippen molar-refractivity contribution in [3.05, 3.63) is 34.3 Å². The molecule has 0 heterocycles. The van der Waals surface area contributed by atoms with E-state index in [0.717, 1.165) is 36.0 Å². The Kier molecular flexibility index (Phi) is 6.18. The Balaban J connectivity index is 2.37. The van der Waals surface area contributed by atoms with Gasteiger partial charge in [-0.2, -0.15) is 0 Å². The summed E-state index contributed by atoms with van der Waals surface area (Å²) in [5.41, 5.74) is 2.36. The second kappa shape index (κ2) is 7.16. The lowest BCUT2D eigenvalue weighted by Crippen LogP contribution is -2.21. The van der Waals surface area contributed by atoms with Crippen molar-refractivity contribution in [1.29, 1.82) is 0 Å². The Labute approximate surface area is 108 Å². The Hall–Kier alpha value is -0.240. The van der Waals surface area contributed by atoms with Crippen LogP contribution in [0, 0.1) is 12.8 Å². The summed E-state index contributed by atoms with van der Waals surface area (Å²) in [6, 6.07) is 6.17. The first-order valence-corrected chi connectivity index (χ1v) is 6.56. The highest BCUT2D eigenvalue weighted by Gasteiger charge is 2.03. The van der Waals surface area contributed by atoms with E-state index < -0.39 is 0 Å². The first-order valence-electron chi connectivity index (χ1n) is 5.65. The van der Waals surface area contributed by atoms with Crippen molar-refractivity contribution in [3.8, 4) is 0 Å². The van der Waals surface area contributed by atoms with E-state index in [4.69, 9.17) is 23.2 Å². The summed E-state index contributed by atoms with van der Waals surface area (Å²) in [6.07, 6.45) is 1.05. The summed E-state index contributed by atoms with van der Waals surface area (Å²) in [7, 11) is 0. The third kappa shape index (κ3) is 4.73. The van der Waals surface area contributed by atoms with Gasteiger partial charge in [0, 0.05) is 17.4 Å². The van der Waals surface area contributed by atoms with Crippen LogP contribution in [0.25, 0.3) is 0 Å². The molecule has 0 aliphatic carbocycles. The fraction of sp³-hybridized carbons (Fsp3) is 0.538. The highest BCUT2D eigenvalue weighted by Crippen LogP contribution is 2.17. The van der Waals surface area contributed by atoms with E-state index in [1.54, 1.807) is 0 Å². The van der Waals surface area contributed by atoms with Gasteiger partial charge < -0.3 is 5.32 Å². The van der Waals surface area contributed by atoms with Crippen molar-refractivity contribution in [2.45, 2.75) is 26.8 Å². The van der Waals surface area contributed by atoms with Crippen LogP contribution in [0.2, 0.25) is 5.02 Å². The molecule has 0 radical (unpaired) electrons. The zero-order valence-electron chi connectivity index (χ0n) is 9.89. The standard InChI is InChI=1S/C13H19Cl2N/c1-10-3-4-12(13(15)7-10)9-16-8-11(2)5-6-14/h3-4,7,11,16H,5-6,8-9H2,1-2H3. The molecule has 0 fully saturated rings. The van der Waals surface area contributed by atoms with Gasteiger partial charge in [0.05, 0.1) is 0 Å². The highest BCUT2D eigenvalue weighted by molar-refractivity contribution is 6.31. The van der Waals surface area contributed by atoms with Crippen LogP contribution < -0.4 is 5.32 Å². The van der Waals surface area contributed by atoms with Gasteiger partial charge in [0.1, 0.15) is 0 Å². The summed E-state index contributed by atoms with van der Waals surface area (Å²) >= 11 is 11.8. The van der Waals surface area contributed by atoms with Crippen molar-refractivity contribution < 1.29 is 0 Å². The number of aryl methyl sites for hydroxylation is 1. The van der Waals surface area contributed by atoms with E-state index >= 15 is 0 Å². The van der Waals surface area contributed by atoms with Crippen LogP contribution in [0.15, 0.2) is 18.2 Å². The van der Waals surface area contributed by atoms with Gasteiger partial charge in [-0.15, -0.1) is 11.6 Å². The van der Waals surface area contributed by atoms with Crippen molar-refractivity contribution in [1.82, 2.24) is 5.32 Å². The number of benzene rings is 1. The fourth-order valence-electron chi connectivity index (χ4n) is 1.54. The summed E-state index contributed by atoms with van der Waals surface area (Å²) in [4.78, 5) is 0. The van der Waals surface area contributed by atoms with E-state index in [9.17, 15) is 0 Å². The first-order chi connectivity index (χ1) is 7.63. The van der Waals surface area contributed by atoms with Crippen molar-refractivity contribution in [2.75, 3.05) is 12.4 Å². The predicted molar refractivity (Wildman–Crippen MR) is 72.4 cm³/mol. The maximum atomic E-state index is 6.14. The third-order valence-electron chi connectivity index (χ3n) is 2.62. The molecular weight excluding hydrogens is 241 g/mol. The molecule has 0 amide bonds. The van der Waals surface area contributed by atoms with E-state index in [0.29, 0.717) is 5.92 Å². The molecule has 3 heteroatoms. The number of alkyl halides is 1. The van der Waals surface area contributed by atoms with Gasteiger partial charge in [-0.1, -0.05) is 30.7 Å². The molecule has 1 atom stereocenters. The molecule has 0 spiro atoms. The molecule has 0 aliphatic rings. The average molecular weight is 260 g/mol. The molecule has 0 bridgehead atoms. The van der Waals surface area contributed by atoms with E-state index in [2.05, 4.69) is 24.4 Å². The van der Waals surface area contributed by atoms with Gasteiger partial charge >= 0.3 is 0 Å². The molecule has 0 aromatic heterocycles.